The Bertz CT molecular complexity index is 799. The Morgan fingerprint density at radius 1 is 0.920 bits per heavy atom. The molecule has 3 rings (SSSR count). The highest BCUT2D eigenvalue weighted by Gasteiger charge is 2.34. The van der Waals surface area contributed by atoms with Crippen LogP contribution in [0.15, 0.2) is 48.5 Å². The molecule has 2 aromatic rings. The molecule has 1 aliphatic rings. The van der Waals surface area contributed by atoms with Gasteiger partial charge in [-0.1, -0.05) is 24.3 Å². The van der Waals surface area contributed by atoms with Crippen molar-refractivity contribution in [2.45, 2.75) is 12.8 Å². The summed E-state index contributed by atoms with van der Waals surface area (Å²) >= 11 is 0. The number of hydrogen-bond donors (Lipinski definition) is 0. The first-order chi connectivity index (χ1) is 12.1. The number of nitrogens with zero attached hydrogens (tertiary/aromatic N) is 2. The van der Waals surface area contributed by atoms with Crippen molar-refractivity contribution in [3.8, 4) is 5.75 Å². The third kappa shape index (κ3) is 3.35. The van der Waals surface area contributed by atoms with Gasteiger partial charge < -0.3 is 4.74 Å². The smallest absolute Gasteiger partial charge is 0.310 e. The molecule has 0 fully saturated rings. The molecule has 0 saturated carbocycles. The van der Waals surface area contributed by atoms with Crippen LogP contribution < -0.4 is 4.74 Å². The van der Waals surface area contributed by atoms with Gasteiger partial charge in [-0.2, -0.15) is 0 Å². The summed E-state index contributed by atoms with van der Waals surface area (Å²) in [4.78, 5) is 36.1. The topological polar surface area (TPSA) is 89.8 Å². The molecule has 1 heterocycles. The number of ether oxygens (including phenoxy) is 1. The molecule has 0 radical (unpaired) electrons. The molecular weight excluding hydrogens is 324 g/mol. The Balaban J connectivity index is 1.50. The van der Waals surface area contributed by atoms with Crippen molar-refractivity contribution in [1.29, 1.82) is 0 Å². The van der Waals surface area contributed by atoms with E-state index in [1.54, 1.807) is 42.5 Å². The molecule has 0 bridgehead atoms. The number of rotatable bonds is 7. The van der Waals surface area contributed by atoms with Crippen molar-refractivity contribution < 1.29 is 19.2 Å². The highest BCUT2D eigenvalue weighted by Crippen LogP contribution is 2.26. The highest BCUT2D eigenvalue weighted by molar-refractivity contribution is 6.21. The lowest BCUT2D eigenvalue weighted by Crippen LogP contribution is -2.30. The number of fused-ring (bicyclic) bond motifs is 1. The molecule has 0 N–H and O–H groups in total. The van der Waals surface area contributed by atoms with Gasteiger partial charge in [0.2, 0.25) is 0 Å². The van der Waals surface area contributed by atoms with Crippen LogP contribution in [0.25, 0.3) is 0 Å². The zero-order chi connectivity index (χ0) is 17.8. The second-order valence-electron chi connectivity index (χ2n) is 5.59. The molecule has 2 aromatic carbocycles. The average Bonchev–Trinajstić information content (AvgIpc) is 2.87. The van der Waals surface area contributed by atoms with E-state index in [4.69, 9.17) is 4.74 Å². The fourth-order valence-corrected chi connectivity index (χ4v) is 2.73. The fourth-order valence-electron chi connectivity index (χ4n) is 2.73. The molecule has 7 heteroatoms. The maximum absolute atomic E-state index is 12.2. The van der Waals surface area contributed by atoms with E-state index < -0.39 is 4.92 Å². The summed E-state index contributed by atoms with van der Waals surface area (Å²) < 4.78 is 5.45. The number of unbranched alkanes of at least 4 members (excludes halogenated alkanes) is 1. The van der Waals surface area contributed by atoms with Crippen LogP contribution in [0, 0.1) is 10.1 Å². The minimum absolute atomic E-state index is 0.0807. The quantitative estimate of drug-likeness (QED) is 0.334. The maximum Gasteiger partial charge on any atom is 0.310 e. The molecular formula is C18H16N2O5. The predicted octanol–water partition coefficient (Wildman–Crippen LogP) is 3.05. The minimum atomic E-state index is -0.492. The second-order valence-corrected chi connectivity index (χ2v) is 5.59. The Hall–Kier alpha value is -3.22. The molecule has 7 nitrogen and oxygen atoms in total. The molecule has 0 unspecified atom stereocenters. The lowest BCUT2D eigenvalue weighted by atomic mass is 10.1. The van der Waals surface area contributed by atoms with Gasteiger partial charge >= 0.3 is 5.69 Å². The molecule has 0 spiro atoms. The van der Waals surface area contributed by atoms with Gasteiger partial charge in [0.15, 0.2) is 5.75 Å². The molecule has 2 amide bonds. The van der Waals surface area contributed by atoms with E-state index in [0.717, 1.165) is 0 Å². The van der Waals surface area contributed by atoms with E-state index in [9.17, 15) is 19.7 Å². The van der Waals surface area contributed by atoms with Crippen molar-refractivity contribution in [1.82, 2.24) is 4.90 Å². The number of benzene rings is 2. The van der Waals surface area contributed by atoms with Crippen molar-refractivity contribution in [3.63, 3.8) is 0 Å². The third-order valence-electron chi connectivity index (χ3n) is 3.97. The van der Waals surface area contributed by atoms with Crippen molar-refractivity contribution in [2.75, 3.05) is 13.2 Å². The van der Waals surface area contributed by atoms with Crippen LogP contribution in [0.1, 0.15) is 33.6 Å². The number of para-hydroxylation sites is 2. The number of nitro benzene ring substituents is 1. The summed E-state index contributed by atoms with van der Waals surface area (Å²) in [7, 11) is 0. The Labute approximate surface area is 144 Å². The van der Waals surface area contributed by atoms with Crippen LogP contribution in [-0.4, -0.2) is 34.8 Å². The molecule has 1 aliphatic heterocycles. The number of hydrogen-bond acceptors (Lipinski definition) is 5. The first-order valence-corrected chi connectivity index (χ1v) is 7.91. The third-order valence-corrected chi connectivity index (χ3v) is 3.97. The second kappa shape index (κ2) is 7.12. The van der Waals surface area contributed by atoms with Crippen LogP contribution in [0.3, 0.4) is 0 Å². The molecule has 0 saturated heterocycles. The number of amides is 2. The lowest BCUT2D eigenvalue weighted by molar-refractivity contribution is -0.385. The van der Waals surface area contributed by atoms with Gasteiger partial charge in [-0.05, 0) is 31.0 Å². The average molecular weight is 340 g/mol. The molecule has 0 atom stereocenters. The fraction of sp³-hybridized carbons (Fsp3) is 0.222. The van der Waals surface area contributed by atoms with Gasteiger partial charge in [0.1, 0.15) is 0 Å². The molecule has 0 aromatic heterocycles. The van der Waals surface area contributed by atoms with Crippen LogP contribution >= 0.6 is 0 Å². The van der Waals surface area contributed by atoms with Crippen molar-refractivity contribution in [2.24, 2.45) is 0 Å². The van der Waals surface area contributed by atoms with Crippen LogP contribution in [-0.2, 0) is 0 Å². The highest BCUT2D eigenvalue weighted by atomic mass is 16.6. The number of nitro groups is 1. The number of carbonyl (C=O) groups is 2. The minimum Gasteiger partial charge on any atom is -0.487 e. The van der Waals surface area contributed by atoms with Gasteiger partial charge in [0, 0.05) is 12.6 Å². The van der Waals surface area contributed by atoms with E-state index in [0.29, 0.717) is 30.5 Å². The van der Waals surface area contributed by atoms with Gasteiger partial charge in [-0.25, -0.2) is 0 Å². The van der Waals surface area contributed by atoms with E-state index in [2.05, 4.69) is 0 Å². The molecule has 128 valence electrons. The molecule has 25 heavy (non-hydrogen) atoms. The Morgan fingerprint density at radius 3 is 2.16 bits per heavy atom. The normalized spacial score (nSPS) is 13.0. The zero-order valence-corrected chi connectivity index (χ0v) is 13.4. The number of imide groups is 1. The summed E-state index contributed by atoms with van der Waals surface area (Å²) in [6, 6.07) is 12.9. The Kier molecular flexibility index (Phi) is 4.74. The van der Waals surface area contributed by atoms with Crippen LogP contribution in [0.2, 0.25) is 0 Å². The SMILES string of the molecule is O=C1c2ccccc2C(=O)N1CCCCOc1ccccc1[N+](=O)[O-]. The van der Waals surface area contributed by atoms with E-state index in [1.165, 1.54) is 11.0 Å². The van der Waals surface area contributed by atoms with E-state index in [1.807, 2.05) is 0 Å². The first-order valence-electron chi connectivity index (χ1n) is 7.91. The van der Waals surface area contributed by atoms with Gasteiger partial charge in [0.05, 0.1) is 22.7 Å². The monoisotopic (exact) mass is 340 g/mol. The van der Waals surface area contributed by atoms with Crippen LogP contribution in [0.5, 0.6) is 5.75 Å². The van der Waals surface area contributed by atoms with Crippen LogP contribution in [0.4, 0.5) is 5.69 Å². The summed E-state index contributed by atoms with van der Waals surface area (Å²) in [5, 5.41) is 10.9. The van der Waals surface area contributed by atoms with Gasteiger partial charge in [0.25, 0.3) is 11.8 Å². The largest absolute Gasteiger partial charge is 0.487 e. The Morgan fingerprint density at radius 2 is 1.52 bits per heavy atom. The summed E-state index contributed by atoms with van der Waals surface area (Å²) in [5.74, 6) is -0.339. The van der Waals surface area contributed by atoms with Crippen molar-refractivity contribution in [3.05, 3.63) is 69.8 Å². The number of carbonyl (C=O) groups excluding carboxylic acids is 2. The van der Waals surface area contributed by atoms with E-state index in [-0.39, 0.29) is 29.9 Å². The predicted molar refractivity (Wildman–Crippen MR) is 89.6 cm³/mol. The van der Waals surface area contributed by atoms with Crippen molar-refractivity contribution >= 4 is 17.5 Å². The zero-order valence-electron chi connectivity index (χ0n) is 13.4. The van der Waals surface area contributed by atoms with Gasteiger partial charge in [-0.15, -0.1) is 0 Å². The lowest BCUT2D eigenvalue weighted by Gasteiger charge is -2.13. The summed E-state index contributed by atoms with van der Waals surface area (Å²) in [6.07, 6.45) is 1.13. The van der Waals surface area contributed by atoms with Gasteiger partial charge in [-0.3, -0.25) is 24.6 Å². The summed E-state index contributed by atoms with van der Waals surface area (Å²) in [6.45, 7) is 0.570. The summed E-state index contributed by atoms with van der Waals surface area (Å²) in [5.41, 5.74) is 0.787. The molecule has 0 aliphatic carbocycles. The van der Waals surface area contributed by atoms with E-state index >= 15 is 0 Å². The maximum atomic E-state index is 12.2. The standard InChI is InChI=1S/C18H16N2O5/c21-17-13-7-1-2-8-14(13)18(22)19(17)11-5-6-12-25-16-10-4-3-9-15(16)20(23)24/h1-4,7-10H,5-6,11-12H2. The first kappa shape index (κ1) is 16.6.